The number of ether oxygens (including phenoxy) is 1. The van der Waals surface area contributed by atoms with Crippen LogP contribution in [0.15, 0.2) is 66.2 Å². The molecule has 2 amide bonds. The average molecular weight is 688 g/mol. The van der Waals surface area contributed by atoms with Crippen molar-refractivity contribution in [3.63, 3.8) is 0 Å². The molecule has 0 aliphatic heterocycles. The van der Waals surface area contributed by atoms with E-state index >= 15 is 0 Å². The third-order valence-corrected chi connectivity index (χ3v) is 8.63. The van der Waals surface area contributed by atoms with Gasteiger partial charge >= 0.3 is 0 Å². The lowest BCUT2D eigenvalue weighted by molar-refractivity contribution is -0.138. The SMILES string of the molecule is CCCCCCCC(=O)N(CCc1cc2ccccc2[nH]1)C1CC(C(=O)NCCO)=CC(Oc2ccccc2I)C1O. The Morgan fingerprint density at radius 3 is 2.62 bits per heavy atom. The number of hydrogen-bond donors (Lipinski definition) is 4. The van der Waals surface area contributed by atoms with Gasteiger partial charge in [0.25, 0.3) is 0 Å². The number of unbranched alkanes of at least 4 members (excludes halogenated alkanes) is 4. The molecule has 1 aromatic heterocycles. The van der Waals surface area contributed by atoms with Crippen molar-refractivity contribution in [1.82, 2.24) is 15.2 Å². The molecular weight excluding hydrogens is 645 g/mol. The fourth-order valence-corrected chi connectivity index (χ4v) is 5.99. The van der Waals surface area contributed by atoms with Crippen LogP contribution in [0.2, 0.25) is 0 Å². The number of H-pyrrole nitrogens is 1. The van der Waals surface area contributed by atoms with Gasteiger partial charge in [-0.1, -0.05) is 62.9 Å². The number of hydrogen-bond acceptors (Lipinski definition) is 5. The number of benzene rings is 2. The summed E-state index contributed by atoms with van der Waals surface area (Å²) in [6, 6.07) is 17.0. The van der Waals surface area contributed by atoms with Crippen molar-refractivity contribution in [1.29, 1.82) is 0 Å². The van der Waals surface area contributed by atoms with Crippen molar-refractivity contribution >= 4 is 45.3 Å². The average Bonchev–Trinajstić information content (AvgIpc) is 3.41. The molecule has 4 N–H and O–H groups in total. The molecule has 9 heteroatoms. The van der Waals surface area contributed by atoms with E-state index in [1.807, 2.05) is 48.5 Å². The number of aliphatic hydroxyl groups is 2. The van der Waals surface area contributed by atoms with Crippen LogP contribution in [-0.4, -0.2) is 69.9 Å². The summed E-state index contributed by atoms with van der Waals surface area (Å²) < 4.78 is 7.14. The fourth-order valence-electron chi connectivity index (χ4n) is 5.47. The lowest BCUT2D eigenvalue weighted by Crippen LogP contribution is -2.55. The number of nitrogens with one attached hydrogen (secondary N) is 2. The largest absolute Gasteiger partial charge is 0.482 e. The zero-order valence-corrected chi connectivity index (χ0v) is 26.4. The second-order valence-corrected chi connectivity index (χ2v) is 12.0. The topological polar surface area (TPSA) is 115 Å². The molecule has 0 bridgehead atoms. The summed E-state index contributed by atoms with van der Waals surface area (Å²) in [7, 11) is 0. The zero-order chi connectivity index (χ0) is 29.9. The maximum atomic E-state index is 13.8. The highest BCUT2D eigenvalue weighted by molar-refractivity contribution is 14.1. The second-order valence-electron chi connectivity index (χ2n) is 10.8. The number of rotatable bonds is 15. The minimum absolute atomic E-state index is 0.0308. The van der Waals surface area contributed by atoms with E-state index in [2.05, 4.69) is 45.9 Å². The molecule has 8 nitrogen and oxygen atoms in total. The Hall–Kier alpha value is -2.89. The molecular formula is C33H42IN3O5. The number of halogens is 1. The molecule has 3 unspecified atom stereocenters. The molecule has 4 rings (SSSR count). The van der Waals surface area contributed by atoms with Crippen LogP contribution in [0.5, 0.6) is 5.75 Å². The molecule has 3 atom stereocenters. The first kappa shape index (κ1) is 32.0. The molecule has 1 heterocycles. The van der Waals surface area contributed by atoms with E-state index < -0.39 is 18.2 Å². The van der Waals surface area contributed by atoms with E-state index in [0.29, 0.717) is 30.7 Å². The second kappa shape index (κ2) is 16.1. The Labute approximate surface area is 261 Å². The van der Waals surface area contributed by atoms with E-state index in [1.54, 1.807) is 11.0 Å². The highest BCUT2D eigenvalue weighted by Crippen LogP contribution is 2.30. The summed E-state index contributed by atoms with van der Waals surface area (Å²) in [6.07, 6.45) is 6.08. The minimum Gasteiger partial charge on any atom is -0.482 e. The molecule has 0 radical (unpaired) electrons. The molecule has 1 aliphatic carbocycles. The Morgan fingerprint density at radius 1 is 1.10 bits per heavy atom. The van der Waals surface area contributed by atoms with Gasteiger partial charge in [-0.15, -0.1) is 0 Å². The van der Waals surface area contributed by atoms with Gasteiger partial charge in [0, 0.05) is 49.1 Å². The van der Waals surface area contributed by atoms with Gasteiger partial charge < -0.3 is 30.2 Å². The number of para-hydroxylation sites is 2. The standard InChI is InChI=1S/C33H42IN3O5/c1-2-3-4-5-6-15-31(39)37(18-16-25-20-23-11-7-9-13-27(23)36-25)28-21-24(33(41)35-17-19-38)22-30(32(28)40)42-29-14-10-8-12-26(29)34/h7-14,20,22,28,30,32,36,38,40H,2-6,15-19,21H2,1H3,(H,35,41). The third kappa shape index (κ3) is 8.58. The van der Waals surface area contributed by atoms with Crippen LogP contribution < -0.4 is 10.1 Å². The first-order chi connectivity index (χ1) is 20.4. The fraction of sp³-hybridized carbons (Fsp3) is 0.455. The van der Waals surface area contributed by atoms with E-state index in [4.69, 9.17) is 4.74 Å². The van der Waals surface area contributed by atoms with Gasteiger partial charge in [-0.25, -0.2) is 0 Å². The number of nitrogens with zero attached hydrogens (tertiary/aromatic N) is 1. The molecule has 0 saturated heterocycles. The number of carbonyl (C=O) groups is 2. The van der Waals surface area contributed by atoms with Crippen molar-refractivity contribution in [2.45, 2.75) is 76.5 Å². The van der Waals surface area contributed by atoms with Gasteiger partial charge in [-0.05, 0) is 64.7 Å². The van der Waals surface area contributed by atoms with Crippen molar-refractivity contribution in [3.8, 4) is 5.75 Å². The van der Waals surface area contributed by atoms with E-state index in [0.717, 1.165) is 52.3 Å². The van der Waals surface area contributed by atoms with Gasteiger partial charge in [-0.3, -0.25) is 9.59 Å². The van der Waals surface area contributed by atoms with Gasteiger partial charge in [-0.2, -0.15) is 0 Å². The molecule has 0 saturated carbocycles. The lowest BCUT2D eigenvalue weighted by atomic mass is 9.87. The quantitative estimate of drug-likeness (QED) is 0.131. The number of aromatic amines is 1. The normalized spacial score (nSPS) is 18.5. The molecule has 0 fully saturated rings. The van der Waals surface area contributed by atoms with Crippen molar-refractivity contribution in [2.24, 2.45) is 0 Å². The summed E-state index contributed by atoms with van der Waals surface area (Å²) in [4.78, 5) is 32.1. The summed E-state index contributed by atoms with van der Waals surface area (Å²) in [6.45, 7) is 2.49. The van der Waals surface area contributed by atoms with Crippen LogP contribution >= 0.6 is 22.6 Å². The van der Waals surface area contributed by atoms with Crippen LogP contribution in [0.4, 0.5) is 0 Å². The number of carbonyl (C=O) groups excluding carboxylic acids is 2. The number of aromatic nitrogens is 1. The van der Waals surface area contributed by atoms with Gasteiger partial charge in [0.15, 0.2) is 0 Å². The van der Waals surface area contributed by atoms with Crippen LogP contribution in [0.1, 0.15) is 57.6 Å². The Kier molecular flexibility index (Phi) is 12.3. The zero-order valence-electron chi connectivity index (χ0n) is 24.2. The highest BCUT2D eigenvalue weighted by atomic mass is 127. The van der Waals surface area contributed by atoms with Crippen LogP contribution in [0.3, 0.4) is 0 Å². The Bertz CT molecular complexity index is 1320. The summed E-state index contributed by atoms with van der Waals surface area (Å²) in [5.41, 5.74) is 2.47. The molecule has 3 aromatic rings. The van der Waals surface area contributed by atoms with Crippen molar-refractivity contribution < 1.29 is 24.5 Å². The maximum Gasteiger partial charge on any atom is 0.247 e. The van der Waals surface area contributed by atoms with Gasteiger partial charge in [0.1, 0.15) is 18.0 Å². The lowest BCUT2D eigenvalue weighted by Gasteiger charge is -2.40. The first-order valence-corrected chi connectivity index (χ1v) is 16.0. The molecule has 42 heavy (non-hydrogen) atoms. The predicted octanol–water partition coefficient (Wildman–Crippen LogP) is 5.12. The Morgan fingerprint density at radius 2 is 1.86 bits per heavy atom. The maximum absolute atomic E-state index is 13.8. The smallest absolute Gasteiger partial charge is 0.247 e. The molecule has 1 aliphatic rings. The minimum atomic E-state index is -1.04. The van der Waals surface area contributed by atoms with Crippen LogP contribution in [0, 0.1) is 3.57 Å². The van der Waals surface area contributed by atoms with Crippen LogP contribution in [-0.2, 0) is 16.0 Å². The van der Waals surface area contributed by atoms with E-state index in [1.165, 1.54) is 0 Å². The van der Waals surface area contributed by atoms with Crippen molar-refractivity contribution in [3.05, 3.63) is 75.5 Å². The number of aliphatic hydroxyl groups excluding tert-OH is 2. The third-order valence-electron chi connectivity index (χ3n) is 7.74. The summed E-state index contributed by atoms with van der Waals surface area (Å²) in [5.74, 6) is 0.234. The molecule has 0 spiro atoms. The van der Waals surface area contributed by atoms with Crippen molar-refractivity contribution in [2.75, 3.05) is 19.7 Å². The summed E-state index contributed by atoms with van der Waals surface area (Å²) in [5, 5.41) is 24.8. The number of fused-ring (bicyclic) bond motifs is 1. The Balaban J connectivity index is 1.60. The van der Waals surface area contributed by atoms with Gasteiger partial charge in [0.2, 0.25) is 11.8 Å². The van der Waals surface area contributed by atoms with Crippen LogP contribution in [0.25, 0.3) is 10.9 Å². The molecule has 2 aromatic carbocycles. The number of amides is 2. The monoisotopic (exact) mass is 687 g/mol. The van der Waals surface area contributed by atoms with E-state index in [-0.39, 0.29) is 31.4 Å². The first-order valence-electron chi connectivity index (χ1n) is 15.0. The van der Waals surface area contributed by atoms with E-state index in [9.17, 15) is 19.8 Å². The highest BCUT2D eigenvalue weighted by Gasteiger charge is 2.40. The predicted molar refractivity (Wildman–Crippen MR) is 173 cm³/mol. The molecule has 226 valence electrons. The van der Waals surface area contributed by atoms with Gasteiger partial charge in [0.05, 0.1) is 16.2 Å². The summed E-state index contributed by atoms with van der Waals surface area (Å²) >= 11 is 2.18.